The standard InChI is InChI=1S/C17H27N2O4P.C2HF3O2/c18-10-5-4-9-17(16(20)21)14-19(12-13-24(17,22)23)11-8-15-6-2-1-3-7-15;3-2(4,5)1(6)7/h1-3,6-7H,4-5,8-14,18H2,(H,20,21)(H,22,23);(H,6,7). The van der Waals surface area contributed by atoms with Gasteiger partial charge in [-0.1, -0.05) is 36.8 Å². The molecule has 8 nitrogen and oxygen atoms in total. The molecule has 1 aromatic rings. The number of carbonyl (C=O) groups is 2. The maximum atomic E-state index is 12.7. The third-order valence-corrected chi connectivity index (χ3v) is 7.82. The molecule has 5 N–H and O–H groups in total. The number of benzene rings is 1. The monoisotopic (exact) mass is 468 g/mol. The minimum Gasteiger partial charge on any atom is -0.480 e. The van der Waals surface area contributed by atoms with E-state index in [0.29, 0.717) is 32.5 Å². The van der Waals surface area contributed by atoms with E-state index in [1.807, 2.05) is 35.2 Å². The van der Waals surface area contributed by atoms with Gasteiger partial charge in [0.05, 0.1) is 0 Å². The Kier molecular flexibility index (Phi) is 10.2. The van der Waals surface area contributed by atoms with Crippen molar-refractivity contribution >= 4 is 19.3 Å². The zero-order valence-electron chi connectivity index (χ0n) is 16.9. The number of hydrogen-bond donors (Lipinski definition) is 4. The fourth-order valence-electron chi connectivity index (χ4n) is 3.31. The number of halogens is 3. The zero-order chi connectivity index (χ0) is 23.7. The Morgan fingerprint density at radius 3 is 2.23 bits per heavy atom. The van der Waals surface area contributed by atoms with E-state index in [0.717, 1.165) is 6.42 Å². The number of alkyl halides is 3. The number of nitrogens with two attached hydrogens (primary N) is 1. The number of carboxylic acid groups (broad SMARTS) is 2. The molecule has 0 aliphatic carbocycles. The van der Waals surface area contributed by atoms with Crippen LogP contribution in [0.5, 0.6) is 0 Å². The second kappa shape index (κ2) is 11.6. The van der Waals surface area contributed by atoms with Crippen LogP contribution in [0.25, 0.3) is 0 Å². The first-order valence-electron chi connectivity index (χ1n) is 9.67. The molecule has 0 aromatic heterocycles. The molecule has 31 heavy (non-hydrogen) atoms. The summed E-state index contributed by atoms with van der Waals surface area (Å²) in [5.41, 5.74) is 6.66. The van der Waals surface area contributed by atoms with Gasteiger partial charge >= 0.3 is 18.1 Å². The van der Waals surface area contributed by atoms with E-state index in [4.69, 9.17) is 15.6 Å². The highest BCUT2D eigenvalue weighted by atomic mass is 31.2. The lowest BCUT2D eigenvalue weighted by molar-refractivity contribution is -0.192. The molecule has 1 saturated heterocycles. The van der Waals surface area contributed by atoms with E-state index in [1.165, 1.54) is 5.56 Å². The summed E-state index contributed by atoms with van der Waals surface area (Å²) in [6.45, 7) is 1.75. The van der Waals surface area contributed by atoms with Crippen LogP contribution in [0.15, 0.2) is 30.3 Å². The number of unbranched alkanes of at least 4 members (excludes halogenated alkanes) is 1. The molecule has 2 atom stereocenters. The number of rotatable bonds is 8. The van der Waals surface area contributed by atoms with Crippen LogP contribution in [0.4, 0.5) is 13.2 Å². The minimum atomic E-state index is -5.08. The summed E-state index contributed by atoms with van der Waals surface area (Å²) in [5, 5.41) is 15.3. The van der Waals surface area contributed by atoms with Gasteiger partial charge in [0.25, 0.3) is 0 Å². The highest BCUT2D eigenvalue weighted by Gasteiger charge is 2.56. The molecule has 0 radical (unpaired) electrons. The van der Waals surface area contributed by atoms with Gasteiger partial charge in [0.2, 0.25) is 7.37 Å². The Labute approximate surface area is 178 Å². The van der Waals surface area contributed by atoms with E-state index >= 15 is 0 Å². The summed E-state index contributed by atoms with van der Waals surface area (Å²) in [6, 6.07) is 9.97. The van der Waals surface area contributed by atoms with Gasteiger partial charge < -0.3 is 25.7 Å². The van der Waals surface area contributed by atoms with Crippen LogP contribution in [0, 0.1) is 0 Å². The van der Waals surface area contributed by atoms with E-state index in [9.17, 15) is 32.5 Å². The molecular formula is C19H28F3N2O6P. The van der Waals surface area contributed by atoms with Crippen LogP contribution in [-0.2, 0) is 20.6 Å². The average Bonchev–Trinajstić information content (AvgIpc) is 2.68. The maximum Gasteiger partial charge on any atom is 0.490 e. The minimum absolute atomic E-state index is 0.0384. The first-order chi connectivity index (χ1) is 14.4. The second-order valence-electron chi connectivity index (χ2n) is 7.32. The normalized spacial score (nSPS) is 24.2. The van der Waals surface area contributed by atoms with Gasteiger partial charge in [-0.15, -0.1) is 0 Å². The van der Waals surface area contributed by atoms with Crippen LogP contribution in [0.1, 0.15) is 24.8 Å². The highest BCUT2D eigenvalue weighted by Crippen LogP contribution is 2.59. The largest absolute Gasteiger partial charge is 0.490 e. The van der Waals surface area contributed by atoms with E-state index in [2.05, 4.69) is 0 Å². The summed E-state index contributed by atoms with van der Waals surface area (Å²) >= 11 is 0. The Bertz CT molecular complexity index is 778. The van der Waals surface area contributed by atoms with Crippen LogP contribution in [0.3, 0.4) is 0 Å². The zero-order valence-corrected chi connectivity index (χ0v) is 17.8. The van der Waals surface area contributed by atoms with Crippen LogP contribution in [-0.4, -0.2) is 75.6 Å². The summed E-state index contributed by atoms with van der Waals surface area (Å²) in [5.74, 6) is -3.91. The molecule has 0 spiro atoms. The molecule has 0 amide bonds. The van der Waals surface area contributed by atoms with Crippen molar-refractivity contribution < 1.29 is 42.4 Å². The lowest BCUT2D eigenvalue weighted by Gasteiger charge is -2.43. The van der Waals surface area contributed by atoms with Crippen molar-refractivity contribution in [3.05, 3.63) is 35.9 Å². The molecule has 1 heterocycles. The SMILES string of the molecule is NCCCCC1(C(=O)O)CN(CCc2ccccc2)CCP1(=O)O.O=C(O)C(F)(F)F. The van der Waals surface area contributed by atoms with Crippen molar-refractivity contribution in [3.8, 4) is 0 Å². The van der Waals surface area contributed by atoms with Gasteiger partial charge in [0, 0.05) is 25.8 Å². The smallest absolute Gasteiger partial charge is 0.480 e. The Morgan fingerprint density at radius 2 is 1.74 bits per heavy atom. The Hall–Kier alpha value is -1.94. The van der Waals surface area contributed by atoms with E-state index in [1.54, 1.807) is 0 Å². The molecule has 176 valence electrons. The predicted molar refractivity (Wildman–Crippen MR) is 108 cm³/mol. The first-order valence-corrected chi connectivity index (χ1v) is 11.5. The van der Waals surface area contributed by atoms with Crippen molar-refractivity contribution in [3.63, 3.8) is 0 Å². The maximum absolute atomic E-state index is 12.7. The number of nitrogens with zero attached hydrogens (tertiary/aromatic N) is 1. The number of carboxylic acids is 2. The molecule has 2 unspecified atom stereocenters. The lowest BCUT2D eigenvalue weighted by Crippen LogP contribution is -2.54. The molecule has 1 aliphatic rings. The number of hydrogen-bond acceptors (Lipinski definition) is 5. The van der Waals surface area contributed by atoms with Crippen molar-refractivity contribution in [2.24, 2.45) is 5.73 Å². The second-order valence-corrected chi connectivity index (χ2v) is 10.0. The summed E-state index contributed by atoms with van der Waals surface area (Å²) < 4.78 is 44.4. The molecule has 12 heteroatoms. The van der Waals surface area contributed by atoms with Crippen molar-refractivity contribution in [1.82, 2.24) is 4.90 Å². The van der Waals surface area contributed by atoms with E-state index in [-0.39, 0.29) is 19.1 Å². The van der Waals surface area contributed by atoms with Crippen LogP contribution < -0.4 is 5.73 Å². The fourth-order valence-corrected chi connectivity index (χ4v) is 5.52. The molecule has 1 aliphatic heterocycles. The van der Waals surface area contributed by atoms with Crippen LogP contribution in [0.2, 0.25) is 0 Å². The third kappa shape index (κ3) is 7.92. The highest BCUT2D eigenvalue weighted by molar-refractivity contribution is 7.61. The van der Waals surface area contributed by atoms with Crippen molar-refractivity contribution in [1.29, 1.82) is 0 Å². The van der Waals surface area contributed by atoms with Gasteiger partial charge in [0.1, 0.15) is 0 Å². The molecule has 0 saturated carbocycles. The molecule has 2 rings (SSSR count). The molecule has 1 aromatic carbocycles. The molecule has 0 bridgehead atoms. The summed E-state index contributed by atoms with van der Waals surface area (Å²) in [7, 11) is -3.74. The van der Waals surface area contributed by atoms with Crippen LogP contribution >= 0.6 is 7.37 Å². The Morgan fingerprint density at radius 1 is 1.16 bits per heavy atom. The molecule has 1 fully saturated rings. The van der Waals surface area contributed by atoms with Gasteiger partial charge in [-0.3, -0.25) is 9.36 Å². The van der Waals surface area contributed by atoms with Gasteiger partial charge in [-0.2, -0.15) is 13.2 Å². The van der Waals surface area contributed by atoms with Gasteiger partial charge in [0.15, 0.2) is 5.16 Å². The summed E-state index contributed by atoms with van der Waals surface area (Å²) in [4.78, 5) is 33.2. The fraction of sp³-hybridized carbons (Fsp3) is 0.579. The molecular weight excluding hydrogens is 440 g/mol. The quantitative estimate of drug-likeness (QED) is 0.337. The average molecular weight is 468 g/mol. The van der Waals surface area contributed by atoms with Gasteiger partial charge in [-0.25, -0.2) is 4.79 Å². The third-order valence-electron chi connectivity index (χ3n) is 5.12. The number of aliphatic carboxylic acids is 2. The first kappa shape index (κ1) is 27.1. The van der Waals surface area contributed by atoms with Crippen molar-refractivity contribution in [2.75, 3.05) is 32.3 Å². The Balaban J connectivity index is 0.000000592. The van der Waals surface area contributed by atoms with Gasteiger partial charge in [-0.05, 0) is 31.4 Å². The lowest BCUT2D eigenvalue weighted by atomic mass is 9.99. The summed E-state index contributed by atoms with van der Waals surface area (Å²) in [6.07, 6.45) is -2.82. The van der Waals surface area contributed by atoms with E-state index < -0.39 is 30.6 Å². The predicted octanol–water partition coefficient (Wildman–Crippen LogP) is 2.40. The van der Waals surface area contributed by atoms with Crippen molar-refractivity contribution in [2.45, 2.75) is 37.0 Å². The topological polar surface area (TPSA) is 141 Å².